The number of aliphatic hydroxyl groups excluding tert-OH is 1. The van der Waals surface area contributed by atoms with Gasteiger partial charge >= 0.3 is 5.97 Å². The van der Waals surface area contributed by atoms with Crippen molar-refractivity contribution in [3.63, 3.8) is 0 Å². The molecule has 2 fully saturated rings. The van der Waals surface area contributed by atoms with E-state index in [0.29, 0.717) is 12.0 Å². The largest absolute Gasteiger partial charge is 0.481 e. The molecule has 0 spiro atoms. The average Bonchev–Trinajstić information content (AvgIpc) is 2.78. The van der Waals surface area contributed by atoms with Gasteiger partial charge in [-0.25, -0.2) is 0 Å². The van der Waals surface area contributed by atoms with Gasteiger partial charge in [0.05, 0.1) is 12.0 Å². The number of rotatable bonds is 3. The van der Waals surface area contributed by atoms with Gasteiger partial charge in [0.15, 0.2) is 0 Å². The van der Waals surface area contributed by atoms with Gasteiger partial charge in [-0.05, 0) is 51.5 Å². The van der Waals surface area contributed by atoms with Crippen LogP contribution in [0.4, 0.5) is 0 Å². The van der Waals surface area contributed by atoms with Crippen molar-refractivity contribution in [1.82, 2.24) is 4.90 Å². The number of hydrogen-bond acceptors (Lipinski definition) is 3. The number of aliphatic hydroxyl groups is 1. The summed E-state index contributed by atoms with van der Waals surface area (Å²) in [7, 11) is 0. The summed E-state index contributed by atoms with van der Waals surface area (Å²) in [6, 6.07) is 0.550. The summed E-state index contributed by atoms with van der Waals surface area (Å²) < 4.78 is 0. The molecule has 1 aliphatic carbocycles. The summed E-state index contributed by atoms with van der Waals surface area (Å²) >= 11 is 0. The third-order valence-electron chi connectivity index (χ3n) is 4.50. The number of hydrogen-bond donors (Lipinski definition) is 2. The molecule has 0 bridgehead atoms. The van der Waals surface area contributed by atoms with Crippen LogP contribution < -0.4 is 0 Å². The Morgan fingerprint density at radius 2 is 1.88 bits per heavy atom. The maximum absolute atomic E-state index is 10.9. The normalized spacial score (nSPS) is 36.9. The third kappa shape index (κ3) is 2.99. The topological polar surface area (TPSA) is 60.8 Å². The molecule has 1 saturated carbocycles. The SMILES string of the molecule is C[C@@H](O)[C@@H]1CCN(C2CCC(C(=O)O)CC2)C1. The summed E-state index contributed by atoms with van der Waals surface area (Å²) in [5.74, 6) is -0.347. The van der Waals surface area contributed by atoms with E-state index in [9.17, 15) is 9.90 Å². The van der Waals surface area contributed by atoms with Crippen LogP contribution in [0.25, 0.3) is 0 Å². The highest BCUT2D eigenvalue weighted by Crippen LogP contribution is 2.31. The second-order valence-corrected chi connectivity index (χ2v) is 5.63. The standard InChI is InChI=1S/C13H23NO3/c1-9(15)11-6-7-14(8-11)12-4-2-10(3-5-12)13(16)17/h9-12,15H,2-8H2,1H3,(H,16,17)/t9-,10?,11-,12?/m1/s1. The first-order valence-electron chi connectivity index (χ1n) is 6.73. The molecule has 2 N–H and O–H groups in total. The van der Waals surface area contributed by atoms with E-state index < -0.39 is 5.97 Å². The van der Waals surface area contributed by atoms with E-state index in [1.807, 2.05) is 6.92 Å². The van der Waals surface area contributed by atoms with Crippen LogP contribution in [-0.4, -0.2) is 46.3 Å². The highest BCUT2D eigenvalue weighted by atomic mass is 16.4. The van der Waals surface area contributed by atoms with Gasteiger partial charge in [-0.15, -0.1) is 0 Å². The maximum Gasteiger partial charge on any atom is 0.306 e. The lowest BCUT2D eigenvalue weighted by atomic mass is 9.85. The van der Waals surface area contributed by atoms with Crippen LogP contribution in [0, 0.1) is 11.8 Å². The molecule has 0 aromatic heterocycles. The second-order valence-electron chi connectivity index (χ2n) is 5.63. The highest BCUT2D eigenvalue weighted by molar-refractivity contribution is 5.70. The summed E-state index contributed by atoms with van der Waals surface area (Å²) in [4.78, 5) is 13.3. The lowest BCUT2D eigenvalue weighted by molar-refractivity contribution is -0.143. The lowest BCUT2D eigenvalue weighted by Gasteiger charge is -2.33. The Labute approximate surface area is 103 Å². The van der Waals surface area contributed by atoms with Gasteiger partial charge < -0.3 is 15.1 Å². The van der Waals surface area contributed by atoms with E-state index in [4.69, 9.17) is 5.11 Å². The van der Waals surface area contributed by atoms with Crippen LogP contribution in [0.15, 0.2) is 0 Å². The van der Waals surface area contributed by atoms with Crippen molar-refractivity contribution in [3.8, 4) is 0 Å². The Morgan fingerprint density at radius 1 is 1.24 bits per heavy atom. The fraction of sp³-hybridized carbons (Fsp3) is 0.923. The van der Waals surface area contributed by atoms with Gasteiger partial charge in [0.1, 0.15) is 0 Å². The van der Waals surface area contributed by atoms with E-state index in [1.54, 1.807) is 0 Å². The van der Waals surface area contributed by atoms with Crippen molar-refractivity contribution in [3.05, 3.63) is 0 Å². The van der Waals surface area contributed by atoms with Crippen molar-refractivity contribution in [2.75, 3.05) is 13.1 Å². The fourth-order valence-corrected chi connectivity index (χ4v) is 3.23. The van der Waals surface area contributed by atoms with Crippen molar-refractivity contribution in [2.45, 2.75) is 51.2 Å². The van der Waals surface area contributed by atoms with Gasteiger partial charge in [-0.2, -0.15) is 0 Å². The van der Waals surface area contributed by atoms with Crippen molar-refractivity contribution in [1.29, 1.82) is 0 Å². The van der Waals surface area contributed by atoms with E-state index in [0.717, 1.165) is 45.2 Å². The van der Waals surface area contributed by atoms with E-state index in [2.05, 4.69) is 4.90 Å². The number of likely N-dealkylation sites (tertiary alicyclic amines) is 1. The minimum atomic E-state index is -0.633. The Hall–Kier alpha value is -0.610. The van der Waals surface area contributed by atoms with Gasteiger partial charge in [-0.3, -0.25) is 4.79 Å². The lowest BCUT2D eigenvalue weighted by Crippen LogP contribution is -2.38. The molecule has 0 aromatic rings. The molecule has 4 heteroatoms. The zero-order valence-electron chi connectivity index (χ0n) is 10.5. The van der Waals surface area contributed by atoms with Crippen molar-refractivity contribution in [2.24, 2.45) is 11.8 Å². The van der Waals surface area contributed by atoms with Crippen LogP contribution >= 0.6 is 0 Å². The zero-order valence-corrected chi connectivity index (χ0v) is 10.5. The highest BCUT2D eigenvalue weighted by Gasteiger charge is 2.34. The number of carbonyl (C=O) groups is 1. The minimum absolute atomic E-state index is 0.124. The first-order valence-corrected chi connectivity index (χ1v) is 6.73. The summed E-state index contributed by atoms with van der Waals surface area (Å²) in [5.41, 5.74) is 0. The quantitative estimate of drug-likeness (QED) is 0.782. The molecule has 1 aliphatic heterocycles. The fourth-order valence-electron chi connectivity index (χ4n) is 3.23. The Morgan fingerprint density at radius 3 is 2.35 bits per heavy atom. The van der Waals surface area contributed by atoms with Crippen LogP contribution in [0.1, 0.15) is 39.0 Å². The monoisotopic (exact) mass is 241 g/mol. The Balaban J connectivity index is 1.80. The summed E-state index contributed by atoms with van der Waals surface area (Å²) in [6.45, 7) is 3.92. The number of nitrogens with zero attached hydrogens (tertiary/aromatic N) is 1. The summed E-state index contributed by atoms with van der Waals surface area (Å²) in [5, 5.41) is 18.5. The van der Waals surface area contributed by atoms with E-state index in [-0.39, 0.29) is 12.0 Å². The Kier molecular flexibility index (Phi) is 4.05. The molecule has 1 saturated heterocycles. The van der Waals surface area contributed by atoms with Gasteiger partial charge in [0.2, 0.25) is 0 Å². The molecule has 0 unspecified atom stereocenters. The van der Waals surface area contributed by atoms with Gasteiger partial charge in [0.25, 0.3) is 0 Å². The first kappa shape index (κ1) is 12.8. The molecule has 17 heavy (non-hydrogen) atoms. The first-order chi connectivity index (χ1) is 8.08. The third-order valence-corrected chi connectivity index (χ3v) is 4.50. The molecule has 98 valence electrons. The summed E-state index contributed by atoms with van der Waals surface area (Å²) in [6.07, 6.45) is 4.50. The molecule has 0 aromatic carbocycles. The molecule has 2 aliphatic rings. The predicted octanol–water partition coefficient (Wildman–Crippen LogP) is 1.33. The average molecular weight is 241 g/mol. The maximum atomic E-state index is 10.9. The van der Waals surface area contributed by atoms with Gasteiger partial charge in [-0.1, -0.05) is 0 Å². The number of carboxylic acids is 1. The van der Waals surface area contributed by atoms with Crippen LogP contribution in [0.5, 0.6) is 0 Å². The van der Waals surface area contributed by atoms with Crippen LogP contribution in [0.3, 0.4) is 0 Å². The second kappa shape index (κ2) is 5.36. The molecule has 0 amide bonds. The number of aliphatic carboxylic acids is 1. The van der Waals surface area contributed by atoms with Crippen LogP contribution in [-0.2, 0) is 4.79 Å². The van der Waals surface area contributed by atoms with E-state index in [1.165, 1.54) is 0 Å². The van der Waals surface area contributed by atoms with Crippen molar-refractivity contribution < 1.29 is 15.0 Å². The number of carboxylic acid groups (broad SMARTS) is 1. The Bertz CT molecular complexity index is 272. The molecular formula is C13H23NO3. The van der Waals surface area contributed by atoms with Crippen LogP contribution in [0.2, 0.25) is 0 Å². The zero-order chi connectivity index (χ0) is 12.4. The van der Waals surface area contributed by atoms with E-state index >= 15 is 0 Å². The molecule has 1 heterocycles. The minimum Gasteiger partial charge on any atom is -0.481 e. The molecule has 4 nitrogen and oxygen atoms in total. The molecular weight excluding hydrogens is 218 g/mol. The van der Waals surface area contributed by atoms with Crippen molar-refractivity contribution >= 4 is 5.97 Å². The molecule has 0 radical (unpaired) electrons. The predicted molar refractivity (Wildman–Crippen MR) is 64.7 cm³/mol. The van der Waals surface area contributed by atoms with Gasteiger partial charge in [0, 0.05) is 12.6 Å². The molecule has 2 atom stereocenters. The smallest absolute Gasteiger partial charge is 0.306 e. The molecule has 2 rings (SSSR count).